The van der Waals surface area contributed by atoms with E-state index < -0.39 is 0 Å². The van der Waals surface area contributed by atoms with E-state index >= 15 is 0 Å². The quantitative estimate of drug-likeness (QED) is 0.392. The van der Waals surface area contributed by atoms with Crippen molar-refractivity contribution in [1.29, 1.82) is 0 Å². The highest BCUT2D eigenvalue weighted by Crippen LogP contribution is 2.42. The second-order valence-corrected chi connectivity index (χ2v) is 9.66. The molecular weight excluding hydrogens is 466 g/mol. The monoisotopic (exact) mass is 503 g/mol. The Bertz CT molecular complexity index is 1270. The molecular formula is C31H37NO5. The van der Waals surface area contributed by atoms with E-state index in [1.807, 2.05) is 17.9 Å². The van der Waals surface area contributed by atoms with Crippen molar-refractivity contribution < 1.29 is 24.1 Å². The van der Waals surface area contributed by atoms with Gasteiger partial charge in [0.1, 0.15) is 0 Å². The van der Waals surface area contributed by atoms with E-state index in [0.29, 0.717) is 43.2 Å². The topological polar surface area (TPSA) is 68.2 Å². The van der Waals surface area contributed by atoms with Crippen LogP contribution >= 0.6 is 0 Å². The van der Waals surface area contributed by atoms with Crippen molar-refractivity contribution in [3.05, 3.63) is 81.9 Å². The third kappa shape index (κ3) is 5.68. The minimum Gasteiger partial charge on any atom is -0.504 e. The Morgan fingerprint density at radius 3 is 2.43 bits per heavy atom. The van der Waals surface area contributed by atoms with E-state index in [1.54, 1.807) is 19.2 Å². The van der Waals surface area contributed by atoms with Gasteiger partial charge in [-0.05, 0) is 78.8 Å². The van der Waals surface area contributed by atoms with Gasteiger partial charge in [-0.25, -0.2) is 0 Å². The Morgan fingerprint density at radius 1 is 0.973 bits per heavy atom. The first kappa shape index (κ1) is 26.4. The number of benzene rings is 3. The van der Waals surface area contributed by atoms with Gasteiger partial charge >= 0.3 is 0 Å². The molecule has 0 aliphatic carbocycles. The van der Waals surface area contributed by atoms with Gasteiger partial charge < -0.3 is 24.2 Å². The molecule has 6 nitrogen and oxygen atoms in total. The molecule has 0 spiro atoms. The maximum Gasteiger partial charge on any atom is 0.223 e. The van der Waals surface area contributed by atoms with Crippen LogP contribution in [0.5, 0.6) is 23.0 Å². The molecule has 0 fully saturated rings. The SMILES string of the molecule is CCCC(=O)N1CCc2cc(OC)c(OCCc3ccc(OC)c(O)c3)cc2C1c1ccc(C)cc1C. The third-order valence-electron chi connectivity index (χ3n) is 7.05. The molecule has 196 valence electrons. The van der Waals surface area contributed by atoms with Gasteiger partial charge in [0.15, 0.2) is 23.0 Å². The van der Waals surface area contributed by atoms with Gasteiger partial charge in [0.2, 0.25) is 5.91 Å². The maximum absolute atomic E-state index is 13.2. The molecule has 1 amide bonds. The molecule has 0 aromatic heterocycles. The minimum absolute atomic E-state index is 0.111. The van der Waals surface area contributed by atoms with Gasteiger partial charge in [0.25, 0.3) is 0 Å². The molecule has 37 heavy (non-hydrogen) atoms. The third-order valence-corrected chi connectivity index (χ3v) is 7.05. The molecule has 3 aromatic carbocycles. The van der Waals surface area contributed by atoms with E-state index in [0.717, 1.165) is 29.5 Å². The van der Waals surface area contributed by atoms with E-state index in [9.17, 15) is 9.90 Å². The Labute approximate surface area is 219 Å². The van der Waals surface area contributed by atoms with Gasteiger partial charge in [0.05, 0.1) is 26.9 Å². The zero-order valence-electron chi connectivity index (χ0n) is 22.5. The first-order chi connectivity index (χ1) is 17.9. The molecule has 1 N–H and O–H groups in total. The number of hydrogen-bond donors (Lipinski definition) is 1. The van der Waals surface area contributed by atoms with Crippen LogP contribution in [0.15, 0.2) is 48.5 Å². The number of aryl methyl sites for hydroxylation is 2. The number of carbonyl (C=O) groups is 1. The normalized spacial score (nSPS) is 14.7. The minimum atomic E-state index is -0.171. The highest BCUT2D eigenvalue weighted by molar-refractivity contribution is 5.78. The van der Waals surface area contributed by atoms with Crippen molar-refractivity contribution in [3.63, 3.8) is 0 Å². The molecule has 0 saturated carbocycles. The Hall–Kier alpha value is -3.67. The molecule has 0 radical (unpaired) electrons. The van der Waals surface area contributed by atoms with Crippen molar-refractivity contribution >= 4 is 5.91 Å². The average molecular weight is 504 g/mol. The van der Waals surface area contributed by atoms with Crippen LogP contribution in [0.3, 0.4) is 0 Å². The molecule has 4 rings (SSSR count). The summed E-state index contributed by atoms with van der Waals surface area (Å²) in [6.07, 6.45) is 2.73. The van der Waals surface area contributed by atoms with Gasteiger partial charge in [-0.1, -0.05) is 36.8 Å². The van der Waals surface area contributed by atoms with Crippen molar-refractivity contribution in [2.45, 2.75) is 52.5 Å². The van der Waals surface area contributed by atoms with Crippen LogP contribution in [-0.2, 0) is 17.6 Å². The second kappa shape index (κ2) is 11.6. The van der Waals surface area contributed by atoms with E-state index in [4.69, 9.17) is 14.2 Å². The number of ether oxygens (including phenoxy) is 3. The summed E-state index contributed by atoms with van der Waals surface area (Å²) >= 11 is 0. The first-order valence-electron chi connectivity index (χ1n) is 12.9. The van der Waals surface area contributed by atoms with Gasteiger partial charge in [0, 0.05) is 19.4 Å². The number of methoxy groups -OCH3 is 2. The van der Waals surface area contributed by atoms with Gasteiger partial charge in [-0.3, -0.25) is 4.79 Å². The zero-order valence-corrected chi connectivity index (χ0v) is 22.5. The van der Waals surface area contributed by atoms with Crippen LogP contribution in [0.4, 0.5) is 0 Å². The van der Waals surface area contributed by atoms with Crippen LogP contribution in [-0.4, -0.2) is 43.3 Å². The number of rotatable bonds is 9. The first-order valence-corrected chi connectivity index (χ1v) is 12.9. The lowest BCUT2D eigenvalue weighted by atomic mass is 9.85. The highest BCUT2D eigenvalue weighted by atomic mass is 16.5. The molecule has 1 aliphatic rings. The number of fused-ring (bicyclic) bond motifs is 1. The fraction of sp³-hybridized carbons (Fsp3) is 0.387. The number of phenols is 1. The smallest absolute Gasteiger partial charge is 0.223 e. The predicted octanol–water partition coefficient (Wildman–Crippen LogP) is 5.92. The summed E-state index contributed by atoms with van der Waals surface area (Å²) in [6.45, 7) is 7.33. The van der Waals surface area contributed by atoms with Crippen molar-refractivity contribution in [3.8, 4) is 23.0 Å². The van der Waals surface area contributed by atoms with Crippen LogP contribution in [0.2, 0.25) is 0 Å². The zero-order chi connectivity index (χ0) is 26.5. The van der Waals surface area contributed by atoms with Crippen molar-refractivity contribution in [2.75, 3.05) is 27.4 Å². The van der Waals surface area contributed by atoms with E-state index in [1.165, 1.54) is 23.8 Å². The van der Waals surface area contributed by atoms with Crippen molar-refractivity contribution in [1.82, 2.24) is 4.90 Å². The molecule has 1 atom stereocenters. The second-order valence-electron chi connectivity index (χ2n) is 9.66. The summed E-state index contributed by atoms with van der Waals surface area (Å²) in [4.78, 5) is 15.2. The van der Waals surface area contributed by atoms with E-state index in [-0.39, 0.29) is 17.7 Å². The fourth-order valence-electron chi connectivity index (χ4n) is 5.16. The van der Waals surface area contributed by atoms with Gasteiger partial charge in [-0.15, -0.1) is 0 Å². The lowest BCUT2D eigenvalue weighted by Gasteiger charge is -2.39. The molecule has 6 heteroatoms. The summed E-state index contributed by atoms with van der Waals surface area (Å²) in [5, 5.41) is 10.1. The van der Waals surface area contributed by atoms with Crippen LogP contribution < -0.4 is 14.2 Å². The van der Waals surface area contributed by atoms with Crippen LogP contribution in [0.25, 0.3) is 0 Å². The number of aromatic hydroxyl groups is 1. The summed E-state index contributed by atoms with van der Waals surface area (Å²) in [5.74, 6) is 2.07. The lowest BCUT2D eigenvalue weighted by Crippen LogP contribution is -2.40. The Kier molecular flexibility index (Phi) is 8.27. The molecule has 0 saturated heterocycles. The Balaban J connectivity index is 1.67. The van der Waals surface area contributed by atoms with Crippen LogP contribution in [0.1, 0.15) is 59.2 Å². The largest absolute Gasteiger partial charge is 0.504 e. The van der Waals surface area contributed by atoms with E-state index in [2.05, 4.69) is 44.2 Å². The standard InChI is InChI=1S/C31H37NO5/c1-6-7-30(34)32-14-12-23-18-28(36-5)29(37-15-13-22-9-11-27(35-4)26(33)17-22)19-25(23)31(32)24-10-8-20(2)16-21(24)3/h8-11,16-19,31,33H,6-7,12-15H2,1-5H3. The molecule has 0 bridgehead atoms. The summed E-state index contributed by atoms with van der Waals surface area (Å²) in [7, 11) is 3.18. The molecule has 3 aromatic rings. The number of carbonyl (C=O) groups excluding carboxylic acids is 1. The number of hydrogen-bond acceptors (Lipinski definition) is 5. The highest BCUT2D eigenvalue weighted by Gasteiger charge is 2.33. The van der Waals surface area contributed by atoms with Gasteiger partial charge in [-0.2, -0.15) is 0 Å². The molecule has 1 aliphatic heterocycles. The van der Waals surface area contributed by atoms with Crippen LogP contribution in [0, 0.1) is 13.8 Å². The Morgan fingerprint density at radius 2 is 1.76 bits per heavy atom. The number of nitrogens with zero attached hydrogens (tertiary/aromatic N) is 1. The summed E-state index contributed by atoms with van der Waals surface area (Å²) in [5.41, 5.74) is 6.72. The number of phenolic OH excluding ortho intramolecular Hbond substituents is 1. The molecule has 1 heterocycles. The molecule has 1 unspecified atom stereocenters. The maximum atomic E-state index is 13.2. The summed E-state index contributed by atoms with van der Waals surface area (Å²) < 4.78 is 17.1. The number of amides is 1. The summed E-state index contributed by atoms with van der Waals surface area (Å²) in [6, 6.07) is 15.7. The van der Waals surface area contributed by atoms with Crippen molar-refractivity contribution in [2.24, 2.45) is 0 Å². The fourth-order valence-corrected chi connectivity index (χ4v) is 5.16. The average Bonchev–Trinajstić information content (AvgIpc) is 2.88. The predicted molar refractivity (Wildman–Crippen MR) is 145 cm³/mol. The lowest BCUT2D eigenvalue weighted by molar-refractivity contribution is -0.133.